The van der Waals surface area contributed by atoms with Crippen molar-refractivity contribution in [1.82, 2.24) is 15.2 Å². The minimum absolute atomic E-state index is 0.0357. The van der Waals surface area contributed by atoms with Crippen LogP contribution < -0.4 is 10.1 Å². The Morgan fingerprint density at radius 2 is 2.14 bits per heavy atom. The van der Waals surface area contributed by atoms with E-state index in [-0.39, 0.29) is 23.8 Å². The molecule has 114 valence electrons. The lowest BCUT2D eigenvalue weighted by molar-refractivity contribution is -0.150. The topological polar surface area (TPSA) is 71.5 Å². The van der Waals surface area contributed by atoms with Crippen LogP contribution in [-0.2, 0) is 16.1 Å². The number of piperazine rings is 1. The van der Waals surface area contributed by atoms with Crippen LogP contribution in [0.1, 0.15) is 26.3 Å². The lowest BCUT2D eigenvalue weighted by Gasteiger charge is -2.42. The zero-order valence-corrected chi connectivity index (χ0v) is 12.8. The highest BCUT2D eigenvalue weighted by molar-refractivity contribution is 5.95. The Labute approximate surface area is 124 Å². The van der Waals surface area contributed by atoms with E-state index in [1.54, 1.807) is 17.2 Å². The van der Waals surface area contributed by atoms with Crippen LogP contribution in [-0.4, -0.2) is 41.4 Å². The summed E-state index contributed by atoms with van der Waals surface area (Å²) in [5.74, 6) is 0.259. The van der Waals surface area contributed by atoms with Gasteiger partial charge in [-0.25, -0.2) is 4.98 Å². The van der Waals surface area contributed by atoms with Crippen LogP contribution in [0, 0.1) is 5.41 Å². The van der Waals surface area contributed by atoms with Crippen molar-refractivity contribution in [3.8, 4) is 5.88 Å². The maximum Gasteiger partial charge on any atom is 0.243 e. The summed E-state index contributed by atoms with van der Waals surface area (Å²) in [6.07, 6.45) is 1.63. The van der Waals surface area contributed by atoms with Crippen molar-refractivity contribution in [2.24, 2.45) is 5.41 Å². The first-order valence-corrected chi connectivity index (χ1v) is 6.89. The number of aromatic nitrogens is 1. The third kappa shape index (κ3) is 3.15. The maximum atomic E-state index is 12.3. The van der Waals surface area contributed by atoms with Crippen molar-refractivity contribution in [3.05, 3.63) is 23.9 Å². The molecule has 1 aromatic rings. The SMILES string of the molecule is COc1ncccc1CN1C(=O)CNC(=O)C1C(C)(C)C. The van der Waals surface area contributed by atoms with Crippen LogP contribution in [0.3, 0.4) is 0 Å². The fraction of sp³-hybridized carbons (Fsp3) is 0.533. The normalized spacial score (nSPS) is 19.4. The fourth-order valence-electron chi connectivity index (χ4n) is 2.60. The van der Waals surface area contributed by atoms with Crippen LogP contribution in [0.15, 0.2) is 18.3 Å². The lowest BCUT2D eigenvalue weighted by Crippen LogP contribution is -2.62. The number of carbonyl (C=O) groups excluding carboxylic acids is 2. The van der Waals surface area contributed by atoms with Gasteiger partial charge in [0.05, 0.1) is 20.2 Å². The van der Waals surface area contributed by atoms with Crippen molar-refractivity contribution >= 4 is 11.8 Å². The Morgan fingerprint density at radius 3 is 2.76 bits per heavy atom. The van der Waals surface area contributed by atoms with E-state index in [2.05, 4.69) is 10.3 Å². The third-order valence-electron chi connectivity index (χ3n) is 3.50. The molecule has 1 unspecified atom stereocenters. The van der Waals surface area contributed by atoms with Gasteiger partial charge in [-0.05, 0) is 11.5 Å². The summed E-state index contributed by atoms with van der Waals surface area (Å²) in [7, 11) is 1.54. The number of hydrogen-bond donors (Lipinski definition) is 1. The molecular formula is C15H21N3O3. The van der Waals surface area contributed by atoms with Gasteiger partial charge >= 0.3 is 0 Å². The molecule has 2 heterocycles. The molecule has 21 heavy (non-hydrogen) atoms. The van der Waals surface area contributed by atoms with E-state index >= 15 is 0 Å². The second-order valence-corrected chi connectivity index (χ2v) is 6.18. The van der Waals surface area contributed by atoms with Crippen molar-refractivity contribution in [1.29, 1.82) is 0 Å². The maximum absolute atomic E-state index is 12.3. The summed E-state index contributed by atoms with van der Waals surface area (Å²) < 4.78 is 5.22. The Morgan fingerprint density at radius 1 is 1.43 bits per heavy atom. The first-order chi connectivity index (χ1) is 9.84. The number of rotatable bonds is 3. The van der Waals surface area contributed by atoms with Crippen LogP contribution in [0.2, 0.25) is 0 Å². The van der Waals surface area contributed by atoms with Gasteiger partial charge in [0.15, 0.2) is 0 Å². The van der Waals surface area contributed by atoms with Gasteiger partial charge in [0.1, 0.15) is 6.04 Å². The number of ether oxygens (including phenoxy) is 1. The Kier molecular flexibility index (Phi) is 4.16. The van der Waals surface area contributed by atoms with Gasteiger partial charge in [-0.3, -0.25) is 9.59 Å². The molecule has 1 aromatic heterocycles. The molecule has 0 saturated carbocycles. The molecule has 6 heteroatoms. The van der Waals surface area contributed by atoms with Crippen molar-refractivity contribution < 1.29 is 14.3 Å². The third-order valence-corrected chi connectivity index (χ3v) is 3.50. The second-order valence-electron chi connectivity index (χ2n) is 6.18. The summed E-state index contributed by atoms with van der Waals surface area (Å²) in [5.41, 5.74) is 0.438. The van der Waals surface area contributed by atoms with Crippen LogP contribution in [0.4, 0.5) is 0 Å². The molecule has 1 saturated heterocycles. The van der Waals surface area contributed by atoms with Gasteiger partial charge in [0.2, 0.25) is 17.7 Å². The molecule has 2 rings (SSSR count). The molecule has 1 fully saturated rings. The number of amides is 2. The summed E-state index contributed by atoms with van der Waals surface area (Å²) in [4.78, 5) is 30.2. The standard InChI is InChI=1S/C15H21N3O3/c1-15(2,3)12-13(20)17-8-11(19)18(12)9-10-6-5-7-16-14(10)21-4/h5-7,12H,8-9H2,1-4H3,(H,17,20). The molecule has 0 spiro atoms. The number of nitrogens with one attached hydrogen (secondary N) is 1. The summed E-state index contributed by atoms with van der Waals surface area (Å²) in [5, 5.41) is 2.66. The molecule has 1 aliphatic heterocycles. The quantitative estimate of drug-likeness (QED) is 0.900. The monoisotopic (exact) mass is 291 g/mol. The highest BCUT2D eigenvalue weighted by Crippen LogP contribution is 2.29. The Bertz CT molecular complexity index is 551. The fourth-order valence-corrected chi connectivity index (χ4v) is 2.60. The van der Waals surface area contributed by atoms with Crippen LogP contribution in [0.5, 0.6) is 5.88 Å². The average Bonchev–Trinajstić information content (AvgIpc) is 2.42. The van der Waals surface area contributed by atoms with Gasteiger partial charge in [-0.15, -0.1) is 0 Å². The van der Waals surface area contributed by atoms with E-state index in [9.17, 15) is 9.59 Å². The Hall–Kier alpha value is -2.11. The van der Waals surface area contributed by atoms with E-state index in [1.165, 1.54) is 7.11 Å². The lowest BCUT2D eigenvalue weighted by atomic mass is 9.83. The first-order valence-electron chi connectivity index (χ1n) is 6.89. The smallest absolute Gasteiger partial charge is 0.243 e. The van der Waals surface area contributed by atoms with E-state index in [0.29, 0.717) is 12.4 Å². The zero-order valence-electron chi connectivity index (χ0n) is 12.8. The van der Waals surface area contributed by atoms with Crippen LogP contribution >= 0.6 is 0 Å². The molecule has 0 aliphatic carbocycles. The van der Waals surface area contributed by atoms with Gasteiger partial charge in [-0.1, -0.05) is 26.8 Å². The minimum Gasteiger partial charge on any atom is -0.481 e. The number of methoxy groups -OCH3 is 1. The molecule has 1 N–H and O–H groups in total. The highest BCUT2D eigenvalue weighted by atomic mass is 16.5. The van der Waals surface area contributed by atoms with Crippen LogP contribution in [0.25, 0.3) is 0 Å². The second kappa shape index (κ2) is 5.71. The van der Waals surface area contributed by atoms with Gasteiger partial charge in [-0.2, -0.15) is 0 Å². The first kappa shape index (κ1) is 15.3. The van der Waals surface area contributed by atoms with E-state index in [1.807, 2.05) is 26.8 Å². The highest BCUT2D eigenvalue weighted by Gasteiger charge is 2.42. The molecule has 6 nitrogen and oxygen atoms in total. The van der Waals surface area contributed by atoms with E-state index in [4.69, 9.17) is 4.74 Å². The molecule has 1 atom stereocenters. The molecule has 2 amide bonds. The summed E-state index contributed by atoms with van der Waals surface area (Å²) in [6, 6.07) is 3.13. The molecular weight excluding hydrogens is 270 g/mol. The summed E-state index contributed by atoms with van der Waals surface area (Å²) in [6.45, 7) is 6.19. The largest absolute Gasteiger partial charge is 0.481 e. The number of pyridine rings is 1. The van der Waals surface area contributed by atoms with Crippen molar-refractivity contribution in [2.75, 3.05) is 13.7 Å². The molecule has 1 aliphatic rings. The molecule has 0 radical (unpaired) electrons. The van der Waals surface area contributed by atoms with E-state index < -0.39 is 6.04 Å². The average molecular weight is 291 g/mol. The molecule has 0 aromatic carbocycles. The van der Waals surface area contributed by atoms with Crippen molar-refractivity contribution in [2.45, 2.75) is 33.4 Å². The number of carbonyl (C=O) groups is 2. The van der Waals surface area contributed by atoms with Gasteiger partial charge in [0, 0.05) is 11.8 Å². The van der Waals surface area contributed by atoms with Gasteiger partial charge < -0.3 is 15.0 Å². The minimum atomic E-state index is -0.510. The zero-order chi connectivity index (χ0) is 15.6. The number of nitrogens with zero attached hydrogens (tertiary/aromatic N) is 2. The Balaban J connectivity index is 2.33. The summed E-state index contributed by atoms with van der Waals surface area (Å²) >= 11 is 0. The predicted molar refractivity (Wildman–Crippen MR) is 77.6 cm³/mol. The van der Waals surface area contributed by atoms with E-state index in [0.717, 1.165) is 5.56 Å². The van der Waals surface area contributed by atoms with Gasteiger partial charge in [0.25, 0.3) is 0 Å². The number of hydrogen-bond acceptors (Lipinski definition) is 4. The predicted octanol–water partition coefficient (Wildman–Crippen LogP) is 0.963. The molecule has 0 bridgehead atoms. The van der Waals surface area contributed by atoms with Crippen molar-refractivity contribution in [3.63, 3.8) is 0 Å².